The molecule has 4 heteroatoms. The molecule has 1 aromatic carbocycles. The number of nitrogens with two attached hydrogens (primary N) is 1. The summed E-state index contributed by atoms with van der Waals surface area (Å²) in [6.45, 7) is 6.27. The normalized spacial score (nSPS) is 10.9. The third kappa shape index (κ3) is 2.43. The quantitative estimate of drug-likeness (QED) is 0.862. The first-order chi connectivity index (χ1) is 8.49. The lowest BCUT2D eigenvalue weighted by Crippen LogP contribution is -2.11. The molecule has 0 radical (unpaired) electrons. The van der Waals surface area contributed by atoms with Crippen molar-refractivity contribution in [2.75, 3.05) is 0 Å². The van der Waals surface area contributed by atoms with E-state index in [1.54, 1.807) is 0 Å². The maximum atomic E-state index is 5.66. The first-order valence-electron chi connectivity index (χ1n) is 5.95. The van der Waals surface area contributed by atoms with Gasteiger partial charge in [-0.15, -0.1) is 0 Å². The van der Waals surface area contributed by atoms with E-state index < -0.39 is 0 Å². The van der Waals surface area contributed by atoms with Crippen LogP contribution in [0.5, 0.6) is 0 Å². The van der Waals surface area contributed by atoms with Crippen molar-refractivity contribution in [3.05, 3.63) is 47.3 Å². The molecule has 0 aliphatic carbocycles. The summed E-state index contributed by atoms with van der Waals surface area (Å²) in [7, 11) is 0. The highest BCUT2D eigenvalue weighted by molar-refractivity contribution is 7.80. The van der Waals surface area contributed by atoms with Gasteiger partial charge in [0.25, 0.3) is 0 Å². The summed E-state index contributed by atoms with van der Waals surface area (Å²) in [5.74, 6) is 0.434. The number of aryl methyl sites for hydroxylation is 1. The van der Waals surface area contributed by atoms with Gasteiger partial charge in [0, 0.05) is 11.8 Å². The molecule has 1 aromatic heterocycles. The van der Waals surface area contributed by atoms with Gasteiger partial charge in [0.15, 0.2) is 0 Å². The molecule has 0 saturated carbocycles. The third-order valence-electron chi connectivity index (χ3n) is 2.94. The van der Waals surface area contributed by atoms with E-state index >= 15 is 0 Å². The van der Waals surface area contributed by atoms with Crippen LogP contribution in [-0.2, 0) is 0 Å². The highest BCUT2D eigenvalue weighted by Crippen LogP contribution is 2.17. The number of aromatic nitrogens is 2. The molecule has 2 aromatic rings. The van der Waals surface area contributed by atoms with Crippen molar-refractivity contribution in [1.82, 2.24) is 9.78 Å². The second kappa shape index (κ2) is 4.90. The van der Waals surface area contributed by atoms with Crippen LogP contribution in [0.3, 0.4) is 0 Å². The van der Waals surface area contributed by atoms with Gasteiger partial charge in [-0.05, 0) is 42.7 Å². The van der Waals surface area contributed by atoms with E-state index in [-0.39, 0.29) is 0 Å². The average Bonchev–Trinajstić information content (AvgIpc) is 2.77. The fourth-order valence-corrected chi connectivity index (χ4v) is 2.09. The number of benzene rings is 1. The first-order valence-corrected chi connectivity index (χ1v) is 6.36. The van der Waals surface area contributed by atoms with Crippen LogP contribution in [0.15, 0.2) is 30.5 Å². The molecule has 94 valence electrons. The van der Waals surface area contributed by atoms with Crippen LogP contribution in [0.4, 0.5) is 0 Å². The standard InChI is InChI=1S/C14H17N3S/c1-9(2)13-6-7-17(16-13)11-4-5-12(14(15)18)10(3)8-11/h4-9H,1-3H3,(H2,15,18). The zero-order valence-electron chi connectivity index (χ0n) is 10.8. The first kappa shape index (κ1) is 12.8. The van der Waals surface area contributed by atoms with Crippen LogP contribution >= 0.6 is 12.2 Å². The molecule has 2 N–H and O–H groups in total. The second-order valence-electron chi connectivity index (χ2n) is 4.70. The maximum Gasteiger partial charge on any atom is 0.104 e. The van der Waals surface area contributed by atoms with Gasteiger partial charge in [-0.1, -0.05) is 26.1 Å². The average molecular weight is 259 g/mol. The summed E-state index contributed by atoms with van der Waals surface area (Å²) in [4.78, 5) is 0.433. The van der Waals surface area contributed by atoms with Crippen LogP contribution in [-0.4, -0.2) is 14.8 Å². The molecule has 2 rings (SSSR count). The SMILES string of the molecule is Cc1cc(-n2ccc(C(C)C)n2)ccc1C(N)=S. The number of rotatable bonds is 3. The van der Waals surface area contributed by atoms with Gasteiger partial charge in [-0.3, -0.25) is 0 Å². The van der Waals surface area contributed by atoms with Gasteiger partial charge in [-0.25, -0.2) is 4.68 Å². The fourth-order valence-electron chi connectivity index (χ4n) is 1.86. The van der Waals surface area contributed by atoms with Crippen molar-refractivity contribution in [3.63, 3.8) is 0 Å². The Balaban J connectivity index is 2.39. The van der Waals surface area contributed by atoms with Gasteiger partial charge in [0.05, 0.1) is 11.4 Å². The van der Waals surface area contributed by atoms with Gasteiger partial charge in [0.2, 0.25) is 0 Å². The summed E-state index contributed by atoms with van der Waals surface area (Å²) in [6.07, 6.45) is 1.98. The second-order valence-corrected chi connectivity index (χ2v) is 5.14. The lowest BCUT2D eigenvalue weighted by atomic mass is 10.1. The molecular formula is C14H17N3S. The molecule has 0 saturated heterocycles. The molecule has 0 amide bonds. The largest absolute Gasteiger partial charge is 0.389 e. The Kier molecular flexibility index (Phi) is 3.48. The molecule has 0 bridgehead atoms. The van der Waals surface area contributed by atoms with Crippen LogP contribution < -0.4 is 5.73 Å². The summed E-state index contributed by atoms with van der Waals surface area (Å²) < 4.78 is 1.88. The van der Waals surface area contributed by atoms with Crippen molar-refractivity contribution in [2.24, 2.45) is 5.73 Å². The predicted molar refractivity (Wildman–Crippen MR) is 78.3 cm³/mol. The highest BCUT2D eigenvalue weighted by Gasteiger charge is 2.07. The Labute approximate surface area is 113 Å². The third-order valence-corrected chi connectivity index (χ3v) is 3.16. The molecule has 0 spiro atoms. The zero-order valence-corrected chi connectivity index (χ0v) is 11.7. The van der Waals surface area contributed by atoms with Gasteiger partial charge in [-0.2, -0.15) is 5.10 Å². The summed E-state index contributed by atoms with van der Waals surface area (Å²) in [5, 5.41) is 4.55. The van der Waals surface area contributed by atoms with Crippen LogP contribution in [0.1, 0.15) is 36.6 Å². The number of hydrogen-bond donors (Lipinski definition) is 1. The van der Waals surface area contributed by atoms with Crippen LogP contribution in [0.2, 0.25) is 0 Å². The predicted octanol–water partition coefficient (Wildman–Crippen LogP) is 2.94. The van der Waals surface area contributed by atoms with E-state index in [0.29, 0.717) is 10.9 Å². The minimum absolute atomic E-state index is 0.433. The molecule has 0 fully saturated rings. The van der Waals surface area contributed by atoms with E-state index in [0.717, 1.165) is 22.5 Å². The maximum absolute atomic E-state index is 5.66. The molecule has 0 aliphatic rings. The number of nitrogens with zero attached hydrogens (tertiary/aromatic N) is 2. The van der Waals surface area contributed by atoms with Crippen molar-refractivity contribution in [1.29, 1.82) is 0 Å². The van der Waals surface area contributed by atoms with Gasteiger partial charge < -0.3 is 5.73 Å². The minimum Gasteiger partial charge on any atom is -0.389 e. The van der Waals surface area contributed by atoms with Gasteiger partial charge >= 0.3 is 0 Å². The van der Waals surface area contributed by atoms with Crippen molar-refractivity contribution in [2.45, 2.75) is 26.7 Å². The molecule has 1 heterocycles. The Morgan fingerprint density at radius 1 is 1.33 bits per heavy atom. The topological polar surface area (TPSA) is 43.8 Å². The van der Waals surface area contributed by atoms with E-state index in [1.165, 1.54) is 0 Å². The highest BCUT2D eigenvalue weighted by atomic mass is 32.1. The molecule has 18 heavy (non-hydrogen) atoms. The van der Waals surface area contributed by atoms with Crippen molar-refractivity contribution >= 4 is 17.2 Å². The molecule has 0 atom stereocenters. The van der Waals surface area contributed by atoms with Crippen LogP contribution in [0, 0.1) is 6.92 Å². The lowest BCUT2D eigenvalue weighted by molar-refractivity contribution is 0.768. The van der Waals surface area contributed by atoms with E-state index in [1.807, 2.05) is 42.1 Å². The van der Waals surface area contributed by atoms with Gasteiger partial charge in [0.1, 0.15) is 4.99 Å². The smallest absolute Gasteiger partial charge is 0.104 e. The number of hydrogen-bond acceptors (Lipinski definition) is 2. The molecule has 0 aliphatic heterocycles. The summed E-state index contributed by atoms with van der Waals surface area (Å²) in [6, 6.07) is 8.02. The minimum atomic E-state index is 0.433. The van der Waals surface area contributed by atoms with E-state index in [9.17, 15) is 0 Å². The zero-order chi connectivity index (χ0) is 13.3. The molecule has 3 nitrogen and oxygen atoms in total. The Bertz CT molecular complexity index is 584. The summed E-state index contributed by atoms with van der Waals surface area (Å²) >= 11 is 5.00. The molecular weight excluding hydrogens is 242 g/mol. The van der Waals surface area contributed by atoms with E-state index in [2.05, 4.69) is 18.9 Å². The fraction of sp³-hybridized carbons (Fsp3) is 0.286. The number of thiocarbonyl (C=S) groups is 1. The van der Waals surface area contributed by atoms with Crippen molar-refractivity contribution < 1.29 is 0 Å². The Morgan fingerprint density at radius 3 is 2.56 bits per heavy atom. The monoisotopic (exact) mass is 259 g/mol. The van der Waals surface area contributed by atoms with E-state index in [4.69, 9.17) is 18.0 Å². The molecule has 0 unspecified atom stereocenters. The van der Waals surface area contributed by atoms with Crippen LogP contribution in [0.25, 0.3) is 5.69 Å². The Hall–Kier alpha value is -1.68. The summed E-state index contributed by atoms with van der Waals surface area (Å²) in [5.41, 5.74) is 9.76. The van der Waals surface area contributed by atoms with Crippen molar-refractivity contribution in [3.8, 4) is 5.69 Å². The lowest BCUT2D eigenvalue weighted by Gasteiger charge is -2.07. The Morgan fingerprint density at radius 2 is 2.06 bits per heavy atom.